The molecule has 192 valence electrons. The Labute approximate surface area is 225 Å². The Morgan fingerprint density at radius 2 is 1.59 bits per heavy atom. The molecule has 7 rings (SSSR count). The molecule has 39 heavy (non-hydrogen) atoms. The van der Waals surface area contributed by atoms with Crippen LogP contribution in [0.3, 0.4) is 0 Å². The van der Waals surface area contributed by atoms with E-state index in [0.29, 0.717) is 37.4 Å². The number of rotatable bonds is 6. The van der Waals surface area contributed by atoms with E-state index in [1.807, 2.05) is 57.8 Å². The number of para-hydroxylation sites is 1. The van der Waals surface area contributed by atoms with Crippen molar-refractivity contribution < 1.29 is 4.79 Å². The summed E-state index contributed by atoms with van der Waals surface area (Å²) in [5, 5.41) is 14.8. The zero-order valence-electron chi connectivity index (χ0n) is 21.4. The van der Waals surface area contributed by atoms with E-state index in [0.717, 1.165) is 40.9 Å². The van der Waals surface area contributed by atoms with Crippen LogP contribution in [0.5, 0.6) is 0 Å². The quantitative estimate of drug-likeness (QED) is 0.305. The van der Waals surface area contributed by atoms with Crippen molar-refractivity contribution in [3.8, 4) is 11.4 Å². The summed E-state index contributed by atoms with van der Waals surface area (Å²) in [5.41, 5.74) is 5.24. The molecule has 6 aromatic rings. The van der Waals surface area contributed by atoms with Gasteiger partial charge in [0.05, 0.1) is 5.52 Å². The second kappa shape index (κ2) is 9.79. The van der Waals surface area contributed by atoms with Crippen LogP contribution in [0.25, 0.3) is 39.3 Å². The normalized spacial score (nSPS) is 13.8. The van der Waals surface area contributed by atoms with E-state index in [9.17, 15) is 4.79 Å². The topological polar surface area (TPSA) is 80.7 Å². The highest BCUT2D eigenvalue weighted by molar-refractivity contribution is 5.94. The SMILES string of the molecule is O=C(CCCc1nnc2n3nc(-c4ccccc4)nc3c3ccccc3n12)N1CC=C(c2ccccc2)CC1. The summed E-state index contributed by atoms with van der Waals surface area (Å²) in [4.78, 5) is 19.8. The predicted octanol–water partition coefficient (Wildman–Crippen LogP) is 5.23. The third-order valence-electron chi connectivity index (χ3n) is 7.42. The van der Waals surface area contributed by atoms with Crippen LogP contribution < -0.4 is 0 Å². The minimum Gasteiger partial charge on any atom is -0.339 e. The van der Waals surface area contributed by atoms with Crippen LogP contribution in [0, 0.1) is 0 Å². The second-order valence-corrected chi connectivity index (χ2v) is 9.84. The van der Waals surface area contributed by atoms with E-state index >= 15 is 0 Å². The predicted molar refractivity (Wildman–Crippen MR) is 151 cm³/mol. The Morgan fingerprint density at radius 3 is 2.36 bits per heavy atom. The third-order valence-corrected chi connectivity index (χ3v) is 7.42. The molecule has 1 aliphatic rings. The van der Waals surface area contributed by atoms with Crippen molar-refractivity contribution in [2.45, 2.75) is 25.7 Å². The number of fused-ring (bicyclic) bond motifs is 6. The van der Waals surface area contributed by atoms with Gasteiger partial charge in [0.1, 0.15) is 5.82 Å². The Hall–Kier alpha value is -4.85. The first-order valence-electron chi connectivity index (χ1n) is 13.4. The highest BCUT2D eigenvalue weighted by Gasteiger charge is 2.20. The number of hydrogen-bond acceptors (Lipinski definition) is 5. The minimum absolute atomic E-state index is 0.184. The highest BCUT2D eigenvalue weighted by Crippen LogP contribution is 2.26. The fourth-order valence-corrected chi connectivity index (χ4v) is 5.41. The average molecular weight is 514 g/mol. The first-order valence-corrected chi connectivity index (χ1v) is 13.4. The molecule has 3 aromatic heterocycles. The van der Waals surface area contributed by atoms with Gasteiger partial charge in [0.2, 0.25) is 5.91 Å². The number of carbonyl (C=O) groups excluding carboxylic acids is 1. The minimum atomic E-state index is 0.184. The van der Waals surface area contributed by atoms with Crippen molar-refractivity contribution in [3.63, 3.8) is 0 Å². The summed E-state index contributed by atoms with van der Waals surface area (Å²) in [7, 11) is 0. The zero-order chi connectivity index (χ0) is 26.2. The van der Waals surface area contributed by atoms with Crippen molar-refractivity contribution in [1.82, 2.24) is 34.1 Å². The number of aryl methyl sites for hydroxylation is 1. The van der Waals surface area contributed by atoms with Crippen LogP contribution in [0.15, 0.2) is 91.0 Å². The van der Waals surface area contributed by atoms with Gasteiger partial charge < -0.3 is 4.90 Å². The molecule has 0 saturated carbocycles. The number of benzene rings is 3. The molecule has 0 N–H and O–H groups in total. The Kier molecular flexibility index (Phi) is 5.85. The molecule has 0 unspecified atom stereocenters. The van der Waals surface area contributed by atoms with Crippen molar-refractivity contribution in [1.29, 1.82) is 0 Å². The molecule has 8 nitrogen and oxygen atoms in total. The van der Waals surface area contributed by atoms with Gasteiger partial charge in [-0.1, -0.05) is 78.9 Å². The van der Waals surface area contributed by atoms with Gasteiger partial charge in [0.15, 0.2) is 11.5 Å². The molecule has 0 fully saturated rings. The monoisotopic (exact) mass is 513 g/mol. The van der Waals surface area contributed by atoms with E-state index in [1.165, 1.54) is 11.1 Å². The lowest BCUT2D eigenvalue weighted by atomic mass is 9.99. The summed E-state index contributed by atoms with van der Waals surface area (Å²) in [6.45, 7) is 1.42. The van der Waals surface area contributed by atoms with Crippen LogP contribution >= 0.6 is 0 Å². The first-order chi connectivity index (χ1) is 19.3. The smallest absolute Gasteiger partial charge is 0.258 e. The fourth-order valence-electron chi connectivity index (χ4n) is 5.41. The van der Waals surface area contributed by atoms with Crippen LogP contribution in [0.1, 0.15) is 30.7 Å². The van der Waals surface area contributed by atoms with E-state index in [2.05, 4.69) is 52.7 Å². The van der Waals surface area contributed by atoms with Gasteiger partial charge in [0.25, 0.3) is 5.78 Å². The Morgan fingerprint density at radius 1 is 0.846 bits per heavy atom. The molecule has 0 saturated heterocycles. The maximum atomic E-state index is 13.0. The molecule has 1 amide bonds. The molecule has 0 atom stereocenters. The second-order valence-electron chi connectivity index (χ2n) is 9.84. The molecule has 8 heteroatoms. The van der Waals surface area contributed by atoms with E-state index in [4.69, 9.17) is 10.1 Å². The molecule has 0 spiro atoms. The summed E-state index contributed by atoms with van der Waals surface area (Å²) in [5.74, 6) is 2.27. The van der Waals surface area contributed by atoms with Crippen LogP contribution in [0.2, 0.25) is 0 Å². The van der Waals surface area contributed by atoms with Crippen LogP contribution in [-0.4, -0.2) is 53.1 Å². The molecule has 1 aliphatic heterocycles. The number of amides is 1. The van der Waals surface area contributed by atoms with E-state index < -0.39 is 0 Å². The number of hydrogen-bond donors (Lipinski definition) is 0. The summed E-state index contributed by atoms with van der Waals surface area (Å²) in [6, 6.07) is 28.5. The van der Waals surface area contributed by atoms with Crippen molar-refractivity contribution in [2.75, 3.05) is 13.1 Å². The summed E-state index contributed by atoms with van der Waals surface area (Å²) < 4.78 is 3.82. The maximum Gasteiger partial charge on any atom is 0.258 e. The number of aromatic nitrogens is 6. The standard InChI is InChI=1S/C31H27N7O/c39-28(36-20-18-23(19-21-36)22-10-3-1-4-11-22)17-9-16-27-33-34-31-37(27)26-15-8-7-14-25(26)30-32-29(35-38(30)31)24-12-5-2-6-13-24/h1-8,10-15,18H,9,16-17,19-21H2. The Bertz CT molecular complexity index is 1840. The average Bonchev–Trinajstić information content (AvgIpc) is 3.64. The van der Waals surface area contributed by atoms with Gasteiger partial charge in [-0.3, -0.25) is 9.20 Å². The van der Waals surface area contributed by atoms with Crippen molar-refractivity contribution in [2.24, 2.45) is 0 Å². The molecular formula is C31H27N7O. The van der Waals surface area contributed by atoms with Gasteiger partial charge in [-0.2, -0.15) is 4.52 Å². The fraction of sp³-hybridized carbons (Fsp3) is 0.194. The summed E-state index contributed by atoms with van der Waals surface area (Å²) in [6.07, 6.45) is 4.88. The lowest BCUT2D eigenvalue weighted by Gasteiger charge is -2.26. The van der Waals surface area contributed by atoms with E-state index in [-0.39, 0.29) is 5.91 Å². The molecule has 3 aromatic carbocycles. The summed E-state index contributed by atoms with van der Waals surface area (Å²) >= 11 is 0. The van der Waals surface area contributed by atoms with E-state index in [1.54, 1.807) is 4.52 Å². The highest BCUT2D eigenvalue weighted by atomic mass is 16.2. The molecule has 0 aliphatic carbocycles. The van der Waals surface area contributed by atoms with Gasteiger partial charge >= 0.3 is 0 Å². The maximum absolute atomic E-state index is 13.0. The first kappa shape index (κ1) is 23.3. The number of carbonyl (C=O) groups is 1. The largest absolute Gasteiger partial charge is 0.339 e. The lowest BCUT2D eigenvalue weighted by Crippen LogP contribution is -2.34. The number of nitrogens with zero attached hydrogens (tertiary/aromatic N) is 7. The van der Waals surface area contributed by atoms with Crippen molar-refractivity contribution in [3.05, 3.63) is 102 Å². The molecule has 0 radical (unpaired) electrons. The third kappa shape index (κ3) is 4.24. The van der Waals surface area contributed by atoms with Gasteiger partial charge in [0, 0.05) is 36.9 Å². The van der Waals surface area contributed by atoms with Crippen molar-refractivity contribution >= 4 is 33.8 Å². The van der Waals surface area contributed by atoms with Crippen LogP contribution in [0.4, 0.5) is 0 Å². The lowest BCUT2D eigenvalue weighted by molar-refractivity contribution is -0.130. The zero-order valence-corrected chi connectivity index (χ0v) is 21.4. The van der Waals surface area contributed by atoms with Crippen LogP contribution in [-0.2, 0) is 11.2 Å². The van der Waals surface area contributed by atoms with Gasteiger partial charge in [-0.25, -0.2) is 4.98 Å². The molecule has 0 bridgehead atoms. The Balaban J connectivity index is 1.12. The van der Waals surface area contributed by atoms with Gasteiger partial charge in [-0.05, 0) is 36.1 Å². The molecule has 4 heterocycles. The molecular weight excluding hydrogens is 486 g/mol. The van der Waals surface area contributed by atoms with Gasteiger partial charge in [-0.15, -0.1) is 15.3 Å².